The quantitative estimate of drug-likeness (QED) is 0.705. The molecule has 1 amide bonds. The summed E-state index contributed by atoms with van der Waals surface area (Å²) in [5.41, 5.74) is 1.000. The van der Waals surface area contributed by atoms with E-state index in [9.17, 15) is 4.79 Å². The first-order valence-corrected chi connectivity index (χ1v) is 6.81. The zero-order valence-corrected chi connectivity index (χ0v) is 12.0. The second kappa shape index (κ2) is 8.53. The lowest BCUT2D eigenvalue weighted by Crippen LogP contribution is -2.34. The summed E-state index contributed by atoms with van der Waals surface area (Å²) in [6.07, 6.45) is 1.11. The number of ether oxygens (including phenoxy) is 1. The van der Waals surface area contributed by atoms with E-state index in [1.54, 1.807) is 7.11 Å². The molecule has 4 nitrogen and oxygen atoms in total. The molecule has 0 fully saturated rings. The molecule has 2 N–H and O–H groups in total. The van der Waals surface area contributed by atoms with Gasteiger partial charge in [0.15, 0.2) is 0 Å². The summed E-state index contributed by atoms with van der Waals surface area (Å²) in [5.74, 6) is 0.723. The molecule has 106 valence electrons. The van der Waals surface area contributed by atoms with Crippen molar-refractivity contribution < 1.29 is 9.53 Å². The Morgan fingerprint density at radius 1 is 1.21 bits per heavy atom. The van der Waals surface area contributed by atoms with Gasteiger partial charge in [0.1, 0.15) is 5.75 Å². The molecule has 0 radical (unpaired) electrons. The topological polar surface area (TPSA) is 50.4 Å². The molecular formula is C15H24N2O2. The molecule has 0 aliphatic heterocycles. The standard InChI is InChI=1S/C15H24N2O2/c1-4-9-16-10-11-17-15(18)12(2)13-5-7-14(19-3)8-6-13/h5-8,12,16H,4,9-11H2,1-3H3,(H,17,18)/t12-/m1/s1. The van der Waals surface area contributed by atoms with Crippen molar-refractivity contribution in [2.75, 3.05) is 26.7 Å². The van der Waals surface area contributed by atoms with E-state index in [0.717, 1.165) is 30.8 Å². The van der Waals surface area contributed by atoms with Crippen LogP contribution in [0.2, 0.25) is 0 Å². The third kappa shape index (κ3) is 5.30. The average molecular weight is 264 g/mol. The highest BCUT2D eigenvalue weighted by Crippen LogP contribution is 2.18. The van der Waals surface area contributed by atoms with Crippen molar-refractivity contribution in [2.24, 2.45) is 0 Å². The van der Waals surface area contributed by atoms with Crippen LogP contribution in [0.15, 0.2) is 24.3 Å². The molecule has 4 heteroatoms. The van der Waals surface area contributed by atoms with Gasteiger partial charge in [0.05, 0.1) is 13.0 Å². The minimum atomic E-state index is -0.142. The van der Waals surface area contributed by atoms with E-state index >= 15 is 0 Å². The highest BCUT2D eigenvalue weighted by Gasteiger charge is 2.14. The molecule has 1 aromatic carbocycles. The molecule has 0 aliphatic rings. The highest BCUT2D eigenvalue weighted by molar-refractivity contribution is 5.83. The van der Waals surface area contributed by atoms with Gasteiger partial charge in [-0.2, -0.15) is 0 Å². The van der Waals surface area contributed by atoms with Crippen molar-refractivity contribution in [3.63, 3.8) is 0 Å². The van der Waals surface area contributed by atoms with Crippen molar-refractivity contribution in [3.8, 4) is 5.75 Å². The normalized spacial score (nSPS) is 11.9. The van der Waals surface area contributed by atoms with Gasteiger partial charge in [-0.3, -0.25) is 4.79 Å². The zero-order chi connectivity index (χ0) is 14.1. The van der Waals surface area contributed by atoms with Crippen LogP contribution in [0.5, 0.6) is 5.75 Å². The third-order valence-corrected chi connectivity index (χ3v) is 3.04. The fourth-order valence-corrected chi connectivity index (χ4v) is 1.77. The van der Waals surface area contributed by atoms with Crippen LogP contribution in [-0.4, -0.2) is 32.7 Å². The Morgan fingerprint density at radius 3 is 2.47 bits per heavy atom. The van der Waals surface area contributed by atoms with Crippen molar-refractivity contribution in [3.05, 3.63) is 29.8 Å². The summed E-state index contributed by atoms with van der Waals surface area (Å²) >= 11 is 0. The van der Waals surface area contributed by atoms with E-state index in [0.29, 0.717) is 6.54 Å². The molecule has 0 aromatic heterocycles. The molecule has 0 aliphatic carbocycles. The molecule has 0 bridgehead atoms. The molecule has 0 saturated carbocycles. The Labute approximate surface area is 115 Å². The van der Waals surface area contributed by atoms with E-state index in [4.69, 9.17) is 4.74 Å². The lowest BCUT2D eigenvalue weighted by molar-refractivity contribution is -0.122. The van der Waals surface area contributed by atoms with Crippen LogP contribution in [0, 0.1) is 0 Å². The second-order valence-corrected chi connectivity index (χ2v) is 4.54. The molecular weight excluding hydrogens is 240 g/mol. The van der Waals surface area contributed by atoms with Gasteiger partial charge in [-0.15, -0.1) is 0 Å². The SMILES string of the molecule is CCCNCCNC(=O)[C@H](C)c1ccc(OC)cc1. The van der Waals surface area contributed by atoms with Gasteiger partial charge < -0.3 is 15.4 Å². The summed E-state index contributed by atoms with van der Waals surface area (Å²) in [7, 11) is 1.63. The lowest BCUT2D eigenvalue weighted by atomic mass is 10.0. The molecule has 0 heterocycles. The molecule has 1 aromatic rings. The van der Waals surface area contributed by atoms with E-state index in [1.165, 1.54) is 0 Å². The second-order valence-electron chi connectivity index (χ2n) is 4.54. The number of nitrogens with one attached hydrogen (secondary N) is 2. The van der Waals surface area contributed by atoms with E-state index in [-0.39, 0.29) is 11.8 Å². The molecule has 0 saturated heterocycles. The number of hydrogen-bond donors (Lipinski definition) is 2. The number of rotatable bonds is 8. The van der Waals surface area contributed by atoms with Gasteiger partial charge in [0.25, 0.3) is 0 Å². The summed E-state index contributed by atoms with van der Waals surface area (Å²) in [5, 5.41) is 6.19. The van der Waals surface area contributed by atoms with Gasteiger partial charge in [-0.05, 0) is 37.6 Å². The first kappa shape index (κ1) is 15.5. The Bertz CT molecular complexity index is 376. The highest BCUT2D eigenvalue weighted by atomic mass is 16.5. The Hall–Kier alpha value is -1.55. The Kier molecular flexibility index (Phi) is 6.97. The van der Waals surface area contributed by atoms with Gasteiger partial charge in [0.2, 0.25) is 5.91 Å². The molecule has 1 atom stereocenters. The number of methoxy groups -OCH3 is 1. The van der Waals surface area contributed by atoms with Gasteiger partial charge in [0, 0.05) is 13.1 Å². The summed E-state index contributed by atoms with van der Waals surface area (Å²) < 4.78 is 5.10. The number of carbonyl (C=O) groups is 1. The lowest BCUT2D eigenvalue weighted by Gasteiger charge is -2.13. The monoisotopic (exact) mass is 264 g/mol. The fourth-order valence-electron chi connectivity index (χ4n) is 1.77. The fraction of sp³-hybridized carbons (Fsp3) is 0.533. The first-order chi connectivity index (χ1) is 9.19. The van der Waals surface area contributed by atoms with Crippen LogP contribution in [0.3, 0.4) is 0 Å². The summed E-state index contributed by atoms with van der Waals surface area (Å²) in [4.78, 5) is 12.0. The van der Waals surface area contributed by atoms with E-state index in [1.807, 2.05) is 31.2 Å². The minimum absolute atomic E-state index is 0.0588. The van der Waals surface area contributed by atoms with Crippen LogP contribution in [0.4, 0.5) is 0 Å². The van der Waals surface area contributed by atoms with Gasteiger partial charge >= 0.3 is 0 Å². The van der Waals surface area contributed by atoms with Crippen LogP contribution in [-0.2, 0) is 4.79 Å². The molecule has 19 heavy (non-hydrogen) atoms. The van der Waals surface area contributed by atoms with Crippen molar-refractivity contribution in [1.29, 1.82) is 0 Å². The summed E-state index contributed by atoms with van der Waals surface area (Å²) in [6.45, 7) is 6.51. The number of hydrogen-bond acceptors (Lipinski definition) is 3. The van der Waals surface area contributed by atoms with Crippen LogP contribution >= 0.6 is 0 Å². The average Bonchev–Trinajstić information content (AvgIpc) is 2.46. The Balaban J connectivity index is 2.38. The van der Waals surface area contributed by atoms with Crippen LogP contribution < -0.4 is 15.4 Å². The van der Waals surface area contributed by atoms with Crippen molar-refractivity contribution in [2.45, 2.75) is 26.2 Å². The first-order valence-electron chi connectivity index (χ1n) is 6.81. The smallest absolute Gasteiger partial charge is 0.227 e. The largest absolute Gasteiger partial charge is 0.497 e. The van der Waals surface area contributed by atoms with Gasteiger partial charge in [-0.25, -0.2) is 0 Å². The maximum absolute atomic E-state index is 12.0. The van der Waals surface area contributed by atoms with Crippen molar-refractivity contribution in [1.82, 2.24) is 10.6 Å². The third-order valence-electron chi connectivity index (χ3n) is 3.04. The number of carbonyl (C=O) groups excluding carboxylic acids is 1. The van der Waals surface area contributed by atoms with E-state index in [2.05, 4.69) is 17.6 Å². The Morgan fingerprint density at radius 2 is 1.89 bits per heavy atom. The molecule has 1 rings (SSSR count). The predicted molar refractivity (Wildman–Crippen MR) is 77.6 cm³/mol. The molecule has 0 unspecified atom stereocenters. The van der Waals surface area contributed by atoms with Crippen LogP contribution in [0.25, 0.3) is 0 Å². The molecule has 0 spiro atoms. The van der Waals surface area contributed by atoms with E-state index < -0.39 is 0 Å². The minimum Gasteiger partial charge on any atom is -0.497 e. The summed E-state index contributed by atoms with van der Waals surface area (Å²) in [6, 6.07) is 7.61. The number of amides is 1. The van der Waals surface area contributed by atoms with Crippen molar-refractivity contribution >= 4 is 5.91 Å². The maximum atomic E-state index is 12.0. The van der Waals surface area contributed by atoms with Gasteiger partial charge in [-0.1, -0.05) is 19.1 Å². The van der Waals surface area contributed by atoms with Crippen LogP contribution in [0.1, 0.15) is 31.7 Å². The predicted octanol–water partition coefficient (Wildman–Crippen LogP) is 1.91. The zero-order valence-electron chi connectivity index (χ0n) is 12.0. The number of benzene rings is 1. The maximum Gasteiger partial charge on any atom is 0.227 e.